The fraction of sp³-hybridized carbons (Fsp3) is 0.143. The highest BCUT2D eigenvalue weighted by atomic mass is 35.5. The van der Waals surface area contributed by atoms with Crippen LogP contribution in [0.5, 0.6) is 5.75 Å². The van der Waals surface area contributed by atoms with Crippen LogP contribution in [0.25, 0.3) is 10.8 Å². The molecule has 0 saturated heterocycles. The van der Waals surface area contributed by atoms with E-state index < -0.39 is 11.9 Å². The maximum Gasteiger partial charge on any atom is 0.350 e. The summed E-state index contributed by atoms with van der Waals surface area (Å²) >= 11 is 11.8. The van der Waals surface area contributed by atoms with Gasteiger partial charge in [-0.2, -0.15) is 0 Å². The van der Waals surface area contributed by atoms with Gasteiger partial charge in [-0.3, -0.25) is 4.79 Å². The van der Waals surface area contributed by atoms with Crippen LogP contribution in [0.3, 0.4) is 0 Å². The molecule has 0 aliphatic carbocycles. The third-order valence-electron chi connectivity index (χ3n) is 3.93. The number of carbonyl (C=O) groups is 2. The van der Waals surface area contributed by atoms with Gasteiger partial charge in [-0.05, 0) is 41.5 Å². The van der Waals surface area contributed by atoms with Gasteiger partial charge in [-0.25, -0.2) is 4.79 Å². The molecule has 6 heteroatoms. The smallest absolute Gasteiger partial charge is 0.350 e. The third kappa shape index (κ3) is 4.41. The molecule has 3 rings (SSSR count). The van der Waals surface area contributed by atoms with Gasteiger partial charge in [0.2, 0.25) is 0 Å². The van der Waals surface area contributed by atoms with E-state index in [1.807, 2.05) is 31.2 Å². The molecule has 0 aliphatic rings. The normalized spacial score (nSPS) is 10.6. The molecule has 0 spiro atoms. The second-order valence-electron chi connectivity index (χ2n) is 5.78. The molecule has 0 unspecified atom stereocenters. The molecular weight excluding hydrogens is 387 g/mol. The number of halogens is 2. The maximum absolute atomic E-state index is 12.7. The summed E-state index contributed by atoms with van der Waals surface area (Å²) in [5.41, 5.74) is 0.836. The molecule has 0 heterocycles. The number of carbonyl (C=O) groups excluding carboxylic acids is 2. The van der Waals surface area contributed by atoms with Gasteiger partial charge in [-0.15, -0.1) is 0 Å². The first-order valence-corrected chi connectivity index (χ1v) is 9.08. The predicted octanol–water partition coefficient (Wildman–Crippen LogP) is 5.47. The Bertz CT molecular complexity index is 1010. The lowest BCUT2D eigenvalue weighted by Gasteiger charge is -2.12. The first-order chi connectivity index (χ1) is 13.0. The van der Waals surface area contributed by atoms with Gasteiger partial charge >= 0.3 is 11.9 Å². The Kier molecular flexibility index (Phi) is 5.99. The zero-order valence-electron chi connectivity index (χ0n) is 14.5. The molecule has 0 aromatic heterocycles. The summed E-state index contributed by atoms with van der Waals surface area (Å²) < 4.78 is 10.6. The van der Waals surface area contributed by atoms with E-state index in [4.69, 9.17) is 32.7 Å². The van der Waals surface area contributed by atoms with E-state index in [0.717, 1.165) is 5.39 Å². The minimum absolute atomic E-state index is 0.0998. The lowest BCUT2D eigenvalue weighted by atomic mass is 10.0. The molecule has 0 fully saturated rings. The van der Waals surface area contributed by atoms with Crippen molar-refractivity contribution in [3.63, 3.8) is 0 Å². The second-order valence-corrected chi connectivity index (χ2v) is 6.59. The van der Waals surface area contributed by atoms with Gasteiger partial charge in [-0.1, -0.05) is 59.6 Å². The number of rotatable bonds is 5. The Morgan fingerprint density at radius 3 is 2.48 bits per heavy atom. The van der Waals surface area contributed by atoms with E-state index in [9.17, 15) is 9.59 Å². The van der Waals surface area contributed by atoms with Crippen molar-refractivity contribution in [2.24, 2.45) is 0 Å². The average Bonchev–Trinajstić information content (AvgIpc) is 2.64. The SMILES string of the molecule is CCOc1ccc2ccccc2c1C(=O)OC(=O)Cc1ccc(Cl)c(Cl)c1. The van der Waals surface area contributed by atoms with Crippen LogP contribution in [0.4, 0.5) is 0 Å². The van der Waals surface area contributed by atoms with Gasteiger partial charge in [0.05, 0.1) is 23.1 Å². The molecule has 0 bridgehead atoms. The van der Waals surface area contributed by atoms with Crippen molar-refractivity contribution in [2.75, 3.05) is 6.61 Å². The second kappa shape index (κ2) is 8.42. The van der Waals surface area contributed by atoms with Crippen LogP contribution in [-0.4, -0.2) is 18.5 Å². The van der Waals surface area contributed by atoms with E-state index in [-0.39, 0.29) is 12.0 Å². The summed E-state index contributed by atoms with van der Waals surface area (Å²) in [5.74, 6) is -1.06. The van der Waals surface area contributed by atoms with Gasteiger partial charge in [0.1, 0.15) is 11.3 Å². The zero-order chi connectivity index (χ0) is 19.4. The molecule has 138 valence electrons. The Labute approximate surface area is 166 Å². The van der Waals surface area contributed by atoms with Crippen LogP contribution in [0, 0.1) is 0 Å². The van der Waals surface area contributed by atoms with Gasteiger partial charge in [0.25, 0.3) is 0 Å². The van der Waals surface area contributed by atoms with Crippen molar-refractivity contribution >= 4 is 45.9 Å². The monoisotopic (exact) mass is 402 g/mol. The molecule has 0 aliphatic heterocycles. The lowest BCUT2D eigenvalue weighted by Crippen LogP contribution is -2.16. The zero-order valence-corrected chi connectivity index (χ0v) is 16.0. The van der Waals surface area contributed by atoms with Gasteiger partial charge in [0.15, 0.2) is 0 Å². The summed E-state index contributed by atoms with van der Waals surface area (Å²) in [6, 6.07) is 15.7. The molecule has 0 atom stereocenters. The van der Waals surface area contributed by atoms with Crippen molar-refractivity contribution in [3.8, 4) is 5.75 Å². The largest absolute Gasteiger partial charge is 0.493 e. The number of benzene rings is 3. The number of esters is 2. The highest BCUT2D eigenvalue weighted by Crippen LogP contribution is 2.29. The van der Waals surface area contributed by atoms with Crippen molar-refractivity contribution in [2.45, 2.75) is 13.3 Å². The average molecular weight is 403 g/mol. The molecule has 3 aromatic carbocycles. The minimum Gasteiger partial charge on any atom is -0.493 e. The van der Waals surface area contributed by atoms with Crippen molar-refractivity contribution in [3.05, 3.63) is 75.8 Å². The molecule has 27 heavy (non-hydrogen) atoms. The number of hydrogen-bond acceptors (Lipinski definition) is 4. The summed E-state index contributed by atoms with van der Waals surface area (Å²) in [5, 5.41) is 2.24. The molecular formula is C21H16Cl2O4. The predicted molar refractivity (Wildman–Crippen MR) is 106 cm³/mol. The summed E-state index contributed by atoms with van der Waals surface area (Å²) in [7, 11) is 0. The summed E-state index contributed by atoms with van der Waals surface area (Å²) in [4.78, 5) is 24.9. The van der Waals surface area contributed by atoms with E-state index in [1.165, 1.54) is 0 Å². The Balaban J connectivity index is 1.85. The molecule has 0 N–H and O–H groups in total. The fourth-order valence-corrected chi connectivity index (χ4v) is 3.07. The Morgan fingerprint density at radius 1 is 0.963 bits per heavy atom. The van der Waals surface area contributed by atoms with Crippen LogP contribution in [0.15, 0.2) is 54.6 Å². The summed E-state index contributed by atoms with van der Waals surface area (Å²) in [6.45, 7) is 2.20. The standard InChI is InChI=1S/C21H16Cl2O4/c1-2-26-18-10-8-14-5-3-4-6-15(14)20(18)21(25)27-19(24)12-13-7-9-16(22)17(23)11-13/h3-11H,2,12H2,1H3. The fourth-order valence-electron chi connectivity index (χ4n) is 2.74. The molecule has 0 amide bonds. The van der Waals surface area contributed by atoms with E-state index in [1.54, 1.807) is 30.3 Å². The quantitative estimate of drug-likeness (QED) is 0.419. The highest BCUT2D eigenvalue weighted by molar-refractivity contribution is 6.42. The Morgan fingerprint density at radius 2 is 1.74 bits per heavy atom. The van der Waals surface area contributed by atoms with Gasteiger partial charge < -0.3 is 9.47 Å². The van der Waals surface area contributed by atoms with Crippen LogP contribution < -0.4 is 4.74 Å². The molecule has 3 aromatic rings. The van der Waals surface area contributed by atoms with Crippen LogP contribution >= 0.6 is 23.2 Å². The number of ether oxygens (including phenoxy) is 2. The first kappa shape index (κ1) is 19.2. The first-order valence-electron chi connectivity index (χ1n) is 8.33. The summed E-state index contributed by atoms with van der Waals surface area (Å²) in [6.07, 6.45) is -0.0998. The highest BCUT2D eigenvalue weighted by Gasteiger charge is 2.21. The Hall–Kier alpha value is -2.56. The number of hydrogen-bond donors (Lipinski definition) is 0. The maximum atomic E-state index is 12.7. The molecule has 4 nitrogen and oxygen atoms in total. The molecule has 0 saturated carbocycles. The topological polar surface area (TPSA) is 52.6 Å². The lowest BCUT2D eigenvalue weighted by molar-refractivity contribution is -0.137. The van der Waals surface area contributed by atoms with Crippen LogP contribution in [0.2, 0.25) is 10.0 Å². The van der Waals surface area contributed by atoms with Gasteiger partial charge in [0, 0.05) is 0 Å². The van der Waals surface area contributed by atoms with E-state index in [0.29, 0.717) is 33.4 Å². The van der Waals surface area contributed by atoms with E-state index in [2.05, 4.69) is 0 Å². The molecule has 0 radical (unpaired) electrons. The van der Waals surface area contributed by atoms with E-state index >= 15 is 0 Å². The number of fused-ring (bicyclic) bond motifs is 1. The third-order valence-corrected chi connectivity index (χ3v) is 4.67. The van der Waals surface area contributed by atoms with Crippen LogP contribution in [0.1, 0.15) is 22.8 Å². The van der Waals surface area contributed by atoms with Crippen molar-refractivity contribution in [1.82, 2.24) is 0 Å². The van der Waals surface area contributed by atoms with Crippen molar-refractivity contribution < 1.29 is 19.1 Å². The van der Waals surface area contributed by atoms with Crippen molar-refractivity contribution in [1.29, 1.82) is 0 Å². The van der Waals surface area contributed by atoms with Crippen LogP contribution in [-0.2, 0) is 16.0 Å². The minimum atomic E-state index is -0.750.